The molecule has 8 nitrogen and oxygen atoms in total. The molecule has 1 saturated heterocycles. The molecule has 9 heteroatoms. The van der Waals surface area contributed by atoms with Crippen molar-refractivity contribution >= 4 is 21.6 Å². The van der Waals surface area contributed by atoms with E-state index in [0.29, 0.717) is 18.8 Å². The second-order valence-electron chi connectivity index (χ2n) is 6.48. The number of amides is 1. The standard InChI is InChI=1S/C18H22N4O4S/c1-21-17(23)10-9-16(20-21)18(24)19-14-7-6-8-15(13-14)27(25,26)22-11-4-2-3-5-12-22/h6-10,13H,2-5,11-12H2,1H3,(H,19,24). The molecule has 0 unspecified atom stereocenters. The minimum Gasteiger partial charge on any atom is -0.321 e. The Hall–Kier alpha value is -2.52. The molecule has 2 aromatic rings. The van der Waals surface area contributed by atoms with E-state index in [1.165, 1.54) is 35.6 Å². The third-order valence-electron chi connectivity index (χ3n) is 4.49. The minimum atomic E-state index is -3.60. The lowest BCUT2D eigenvalue weighted by Crippen LogP contribution is -2.32. The van der Waals surface area contributed by atoms with Crippen LogP contribution in [0.15, 0.2) is 46.1 Å². The molecule has 1 aliphatic rings. The highest BCUT2D eigenvalue weighted by atomic mass is 32.2. The van der Waals surface area contributed by atoms with Crippen LogP contribution >= 0.6 is 0 Å². The normalized spacial score (nSPS) is 15.9. The first-order valence-corrected chi connectivity index (χ1v) is 10.3. The average molecular weight is 390 g/mol. The number of benzene rings is 1. The number of aryl methyl sites for hydroxylation is 1. The van der Waals surface area contributed by atoms with Gasteiger partial charge in [0.2, 0.25) is 10.0 Å². The quantitative estimate of drug-likeness (QED) is 0.854. The first-order valence-electron chi connectivity index (χ1n) is 8.84. The Morgan fingerprint density at radius 2 is 1.78 bits per heavy atom. The summed E-state index contributed by atoms with van der Waals surface area (Å²) in [6, 6.07) is 8.76. The van der Waals surface area contributed by atoms with E-state index in [1.54, 1.807) is 12.1 Å². The summed E-state index contributed by atoms with van der Waals surface area (Å²) in [4.78, 5) is 23.9. The maximum Gasteiger partial charge on any atom is 0.276 e. The fourth-order valence-corrected chi connectivity index (χ4v) is 4.55. The van der Waals surface area contributed by atoms with E-state index >= 15 is 0 Å². The van der Waals surface area contributed by atoms with Crippen LogP contribution in [0.4, 0.5) is 5.69 Å². The fraction of sp³-hybridized carbons (Fsp3) is 0.389. The zero-order chi connectivity index (χ0) is 19.4. The van der Waals surface area contributed by atoms with Crippen LogP contribution in [0.25, 0.3) is 0 Å². The lowest BCUT2D eigenvalue weighted by atomic mass is 10.2. The van der Waals surface area contributed by atoms with Crippen LogP contribution in [0.1, 0.15) is 36.2 Å². The molecule has 1 aromatic heterocycles. The Balaban J connectivity index is 1.81. The average Bonchev–Trinajstić information content (AvgIpc) is 2.94. The van der Waals surface area contributed by atoms with Crippen molar-refractivity contribution in [1.82, 2.24) is 14.1 Å². The fourth-order valence-electron chi connectivity index (χ4n) is 2.98. The third kappa shape index (κ3) is 4.42. The van der Waals surface area contributed by atoms with Gasteiger partial charge in [-0.15, -0.1) is 0 Å². The Bertz CT molecular complexity index is 992. The summed E-state index contributed by atoms with van der Waals surface area (Å²) in [6.45, 7) is 1.03. The van der Waals surface area contributed by atoms with Crippen LogP contribution in [-0.4, -0.2) is 41.5 Å². The molecule has 0 atom stereocenters. The number of carbonyl (C=O) groups is 1. The molecule has 1 aliphatic heterocycles. The highest BCUT2D eigenvalue weighted by Crippen LogP contribution is 2.22. The van der Waals surface area contributed by atoms with Crippen LogP contribution in [0.5, 0.6) is 0 Å². The molecule has 1 fully saturated rings. The molecule has 0 spiro atoms. The van der Waals surface area contributed by atoms with E-state index in [-0.39, 0.29) is 16.1 Å². The van der Waals surface area contributed by atoms with E-state index in [1.807, 2.05) is 0 Å². The summed E-state index contributed by atoms with van der Waals surface area (Å²) in [5.41, 5.74) is 0.0986. The van der Waals surface area contributed by atoms with Crippen molar-refractivity contribution in [2.45, 2.75) is 30.6 Å². The Morgan fingerprint density at radius 3 is 2.44 bits per heavy atom. The van der Waals surface area contributed by atoms with Gasteiger partial charge in [0.25, 0.3) is 11.5 Å². The van der Waals surface area contributed by atoms with Crippen molar-refractivity contribution in [2.24, 2.45) is 7.05 Å². The van der Waals surface area contributed by atoms with Gasteiger partial charge in [-0.3, -0.25) is 9.59 Å². The van der Waals surface area contributed by atoms with Gasteiger partial charge in [0.05, 0.1) is 4.90 Å². The van der Waals surface area contributed by atoms with Gasteiger partial charge >= 0.3 is 0 Å². The number of aromatic nitrogens is 2. The Morgan fingerprint density at radius 1 is 1.07 bits per heavy atom. The number of anilines is 1. The molecule has 3 rings (SSSR count). The largest absolute Gasteiger partial charge is 0.321 e. The summed E-state index contributed by atoms with van der Waals surface area (Å²) in [6.07, 6.45) is 3.78. The highest BCUT2D eigenvalue weighted by Gasteiger charge is 2.25. The van der Waals surface area contributed by atoms with Crippen LogP contribution in [0.3, 0.4) is 0 Å². The van der Waals surface area contributed by atoms with E-state index in [2.05, 4.69) is 10.4 Å². The molecule has 0 saturated carbocycles. The summed E-state index contributed by atoms with van der Waals surface area (Å²) >= 11 is 0. The number of rotatable bonds is 4. The van der Waals surface area contributed by atoms with Crippen molar-refractivity contribution in [3.8, 4) is 0 Å². The number of hydrogen-bond donors (Lipinski definition) is 1. The van der Waals surface area contributed by atoms with Gasteiger partial charge in [-0.05, 0) is 37.1 Å². The maximum atomic E-state index is 12.9. The summed E-state index contributed by atoms with van der Waals surface area (Å²) in [5, 5.41) is 6.52. The molecular weight excluding hydrogens is 368 g/mol. The third-order valence-corrected chi connectivity index (χ3v) is 6.38. The van der Waals surface area contributed by atoms with Gasteiger partial charge in [0.1, 0.15) is 5.69 Å². The molecule has 0 aliphatic carbocycles. The highest BCUT2D eigenvalue weighted by molar-refractivity contribution is 7.89. The maximum absolute atomic E-state index is 12.9. The molecule has 1 aromatic carbocycles. The van der Waals surface area contributed by atoms with E-state index in [4.69, 9.17) is 0 Å². The van der Waals surface area contributed by atoms with Crippen molar-refractivity contribution in [3.05, 3.63) is 52.4 Å². The van der Waals surface area contributed by atoms with E-state index < -0.39 is 15.9 Å². The number of nitrogens with one attached hydrogen (secondary N) is 1. The van der Waals surface area contributed by atoms with E-state index in [0.717, 1.165) is 30.4 Å². The smallest absolute Gasteiger partial charge is 0.276 e. The first kappa shape index (κ1) is 19.2. The zero-order valence-corrected chi connectivity index (χ0v) is 15.9. The van der Waals surface area contributed by atoms with Crippen molar-refractivity contribution in [2.75, 3.05) is 18.4 Å². The molecule has 1 N–H and O–H groups in total. The van der Waals surface area contributed by atoms with Gasteiger partial charge in [0.15, 0.2) is 0 Å². The second-order valence-corrected chi connectivity index (χ2v) is 8.42. The summed E-state index contributed by atoms with van der Waals surface area (Å²) in [7, 11) is -2.15. The van der Waals surface area contributed by atoms with Crippen LogP contribution in [0, 0.1) is 0 Å². The summed E-state index contributed by atoms with van der Waals surface area (Å²) < 4.78 is 28.4. The molecule has 1 amide bonds. The second kappa shape index (κ2) is 8.01. The SMILES string of the molecule is Cn1nc(C(=O)Nc2cccc(S(=O)(=O)N3CCCCCC3)c2)ccc1=O. The van der Waals surface area contributed by atoms with Crippen molar-refractivity contribution in [1.29, 1.82) is 0 Å². The van der Waals surface area contributed by atoms with Gasteiger partial charge in [-0.2, -0.15) is 9.40 Å². The molecule has 0 bridgehead atoms. The minimum absolute atomic E-state index is 0.0675. The van der Waals surface area contributed by atoms with Crippen LogP contribution in [0.2, 0.25) is 0 Å². The summed E-state index contributed by atoms with van der Waals surface area (Å²) in [5.74, 6) is -0.519. The van der Waals surface area contributed by atoms with Gasteiger partial charge < -0.3 is 5.32 Å². The van der Waals surface area contributed by atoms with Crippen molar-refractivity contribution < 1.29 is 13.2 Å². The number of carbonyl (C=O) groups excluding carboxylic acids is 1. The molecule has 27 heavy (non-hydrogen) atoms. The number of sulfonamides is 1. The topological polar surface area (TPSA) is 101 Å². The van der Waals surface area contributed by atoms with Crippen molar-refractivity contribution in [3.63, 3.8) is 0 Å². The Labute approximate surface area is 157 Å². The Kier molecular flexibility index (Phi) is 5.71. The molecule has 144 valence electrons. The first-order chi connectivity index (χ1) is 12.9. The van der Waals surface area contributed by atoms with Gasteiger partial charge in [-0.25, -0.2) is 13.1 Å². The van der Waals surface area contributed by atoms with Gasteiger partial charge in [0, 0.05) is 31.9 Å². The molecule has 2 heterocycles. The predicted octanol–water partition coefficient (Wildman–Crippen LogP) is 1.60. The van der Waals surface area contributed by atoms with Gasteiger partial charge in [-0.1, -0.05) is 18.9 Å². The van der Waals surface area contributed by atoms with Crippen LogP contribution < -0.4 is 10.9 Å². The molecular formula is C18H22N4O4S. The monoisotopic (exact) mass is 390 g/mol. The van der Waals surface area contributed by atoms with Crippen LogP contribution in [-0.2, 0) is 17.1 Å². The predicted molar refractivity (Wildman–Crippen MR) is 101 cm³/mol. The number of nitrogens with zero attached hydrogens (tertiary/aromatic N) is 3. The lowest BCUT2D eigenvalue weighted by molar-refractivity contribution is 0.102. The molecule has 0 radical (unpaired) electrons. The lowest BCUT2D eigenvalue weighted by Gasteiger charge is -2.20. The number of hydrogen-bond acceptors (Lipinski definition) is 5. The van der Waals surface area contributed by atoms with E-state index in [9.17, 15) is 18.0 Å². The zero-order valence-electron chi connectivity index (χ0n) is 15.1.